The molecule has 0 bridgehead atoms. The topological polar surface area (TPSA) is 58.9 Å². The van der Waals surface area contributed by atoms with Gasteiger partial charge >= 0.3 is 0 Å². The van der Waals surface area contributed by atoms with Gasteiger partial charge in [0.25, 0.3) is 5.91 Å². The summed E-state index contributed by atoms with van der Waals surface area (Å²) in [7, 11) is -2.85. The molecule has 0 unspecified atom stereocenters. The molecule has 0 aliphatic carbocycles. The third kappa shape index (κ3) is 4.06. The number of nitrogens with one attached hydrogen (secondary N) is 1. The predicted octanol–water partition coefficient (Wildman–Crippen LogP) is 0.881. The number of rotatable bonds is 3. The zero-order valence-electron chi connectivity index (χ0n) is 15.3. The van der Waals surface area contributed by atoms with Crippen molar-refractivity contribution in [3.05, 3.63) is 60.2 Å². The zero-order valence-corrected chi connectivity index (χ0v) is 16.1. The van der Waals surface area contributed by atoms with Crippen LogP contribution in [0.4, 0.5) is 0 Å². The third-order valence-corrected chi connectivity index (χ3v) is 7.51. The molecule has 1 N–H and O–H groups in total. The molecule has 4 rings (SSSR count). The molecule has 2 heterocycles. The molecule has 0 saturated carbocycles. The van der Waals surface area contributed by atoms with E-state index in [4.69, 9.17) is 0 Å². The second-order valence-corrected chi connectivity index (χ2v) is 9.72. The van der Waals surface area contributed by atoms with Crippen molar-refractivity contribution in [3.63, 3.8) is 0 Å². The minimum atomic E-state index is -2.85. The number of sulfone groups is 1. The lowest BCUT2D eigenvalue weighted by atomic mass is 10.0. The van der Waals surface area contributed by atoms with Crippen LogP contribution in [0.5, 0.6) is 0 Å². The van der Waals surface area contributed by atoms with Gasteiger partial charge < -0.3 is 9.80 Å². The van der Waals surface area contributed by atoms with Crippen molar-refractivity contribution in [2.24, 2.45) is 0 Å². The molecule has 1 atom stereocenters. The summed E-state index contributed by atoms with van der Waals surface area (Å²) in [6, 6.07) is 18.1. The molecule has 2 fully saturated rings. The molecule has 2 aromatic carbocycles. The average Bonchev–Trinajstić information content (AvgIpc) is 3.08. The van der Waals surface area contributed by atoms with Crippen molar-refractivity contribution in [1.82, 2.24) is 4.90 Å². The first-order chi connectivity index (χ1) is 13.0. The summed E-state index contributed by atoms with van der Waals surface area (Å²) < 4.78 is 23.4. The minimum absolute atomic E-state index is 0.0627. The van der Waals surface area contributed by atoms with Crippen molar-refractivity contribution in [1.29, 1.82) is 0 Å². The molecule has 142 valence electrons. The molecule has 27 heavy (non-hydrogen) atoms. The van der Waals surface area contributed by atoms with E-state index in [2.05, 4.69) is 12.1 Å². The largest absolute Gasteiger partial charge is 0.329 e. The highest BCUT2D eigenvalue weighted by molar-refractivity contribution is 7.91. The van der Waals surface area contributed by atoms with Gasteiger partial charge in [-0.05, 0) is 23.3 Å². The van der Waals surface area contributed by atoms with E-state index in [9.17, 15) is 13.2 Å². The first-order valence-corrected chi connectivity index (χ1v) is 11.3. The third-order valence-electron chi connectivity index (χ3n) is 5.74. The number of quaternary nitrogens is 1. The molecule has 0 radical (unpaired) electrons. The number of hydrogen-bond acceptors (Lipinski definition) is 3. The zero-order chi connectivity index (χ0) is 18.9. The number of amides is 1. The summed E-state index contributed by atoms with van der Waals surface area (Å²) in [4.78, 5) is 16.0. The van der Waals surface area contributed by atoms with E-state index < -0.39 is 9.84 Å². The summed E-state index contributed by atoms with van der Waals surface area (Å²) in [5, 5.41) is 0. The van der Waals surface area contributed by atoms with Gasteiger partial charge in [-0.15, -0.1) is 0 Å². The van der Waals surface area contributed by atoms with E-state index in [0.717, 1.165) is 30.6 Å². The van der Waals surface area contributed by atoms with Crippen LogP contribution in [0.25, 0.3) is 11.1 Å². The number of hydrogen-bond donors (Lipinski definition) is 1. The number of nitrogens with zero attached hydrogens (tertiary/aromatic N) is 1. The van der Waals surface area contributed by atoms with Crippen molar-refractivity contribution < 1.29 is 18.1 Å². The van der Waals surface area contributed by atoms with Gasteiger partial charge in [-0.3, -0.25) is 4.79 Å². The Labute approximate surface area is 160 Å². The maximum atomic E-state index is 12.8. The monoisotopic (exact) mass is 385 g/mol. The SMILES string of the molecule is O=C(c1ccc(-c2ccccc2)cc1)N1CC[NH+]([C@@H]2CCS(=O)(=O)C2)CC1. The Morgan fingerprint density at radius 2 is 1.56 bits per heavy atom. The van der Waals surface area contributed by atoms with Crippen molar-refractivity contribution in [3.8, 4) is 11.1 Å². The summed E-state index contributed by atoms with van der Waals surface area (Å²) in [5.74, 6) is 0.683. The Balaban J connectivity index is 1.37. The van der Waals surface area contributed by atoms with Crippen LogP contribution in [-0.2, 0) is 9.84 Å². The van der Waals surface area contributed by atoms with Crippen LogP contribution in [0.3, 0.4) is 0 Å². The second-order valence-electron chi connectivity index (χ2n) is 7.49. The number of carbonyl (C=O) groups excluding carboxylic acids is 1. The molecular weight excluding hydrogens is 360 g/mol. The fourth-order valence-electron chi connectivity index (χ4n) is 4.14. The summed E-state index contributed by atoms with van der Waals surface area (Å²) in [5.41, 5.74) is 2.95. The van der Waals surface area contributed by atoms with Crippen molar-refractivity contribution >= 4 is 15.7 Å². The molecule has 2 aromatic rings. The Kier molecular flexibility index (Phi) is 5.02. The molecule has 5 nitrogen and oxygen atoms in total. The van der Waals surface area contributed by atoms with Crippen molar-refractivity contribution in [2.75, 3.05) is 37.7 Å². The van der Waals surface area contributed by atoms with Crippen LogP contribution in [0.1, 0.15) is 16.8 Å². The predicted molar refractivity (Wildman–Crippen MR) is 106 cm³/mol. The molecule has 2 saturated heterocycles. The first-order valence-electron chi connectivity index (χ1n) is 9.52. The average molecular weight is 386 g/mol. The van der Waals surface area contributed by atoms with Gasteiger partial charge in [0.2, 0.25) is 0 Å². The van der Waals surface area contributed by atoms with Crippen LogP contribution in [0, 0.1) is 0 Å². The normalized spacial score (nSPS) is 22.7. The fourth-order valence-corrected chi connectivity index (χ4v) is 5.97. The van der Waals surface area contributed by atoms with Gasteiger partial charge in [0, 0.05) is 12.0 Å². The molecule has 0 spiro atoms. The highest BCUT2D eigenvalue weighted by Crippen LogP contribution is 2.20. The van der Waals surface area contributed by atoms with Gasteiger partial charge in [0.05, 0.1) is 31.9 Å². The number of benzene rings is 2. The van der Waals surface area contributed by atoms with E-state index in [1.807, 2.05) is 47.4 Å². The van der Waals surface area contributed by atoms with E-state index >= 15 is 0 Å². The summed E-state index contributed by atoms with van der Waals surface area (Å²) >= 11 is 0. The molecule has 2 aliphatic heterocycles. The Hall–Kier alpha value is -2.18. The summed E-state index contributed by atoms with van der Waals surface area (Å²) in [6.07, 6.45) is 0.757. The van der Waals surface area contributed by atoms with Crippen LogP contribution >= 0.6 is 0 Å². The highest BCUT2D eigenvalue weighted by Gasteiger charge is 2.37. The lowest BCUT2D eigenvalue weighted by Gasteiger charge is -2.35. The maximum Gasteiger partial charge on any atom is 0.254 e. The minimum Gasteiger partial charge on any atom is -0.329 e. The van der Waals surface area contributed by atoms with Gasteiger partial charge in [0.1, 0.15) is 11.8 Å². The van der Waals surface area contributed by atoms with Crippen molar-refractivity contribution in [2.45, 2.75) is 12.5 Å². The van der Waals surface area contributed by atoms with Crippen LogP contribution in [0.2, 0.25) is 0 Å². The fraction of sp³-hybridized carbons (Fsp3) is 0.381. The standard InChI is InChI=1S/C21H24N2O3S/c24-21(19-8-6-18(7-9-19)17-4-2-1-3-5-17)23-13-11-22(12-14-23)20-10-15-27(25,26)16-20/h1-9,20H,10-16H2/p+1/t20-/m1/s1. The van der Waals surface area contributed by atoms with Gasteiger partial charge in [-0.2, -0.15) is 0 Å². The van der Waals surface area contributed by atoms with E-state index in [-0.39, 0.29) is 11.9 Å². The maximum absolute atomic E-state index is 12.8. The van der Waals surface area contributed by atoms with Crippen LogP contribution in [0.15, 0.2) is 54.6 Å². The molecule has 0 aromatic heterocycles. The van der Waals surface area contributed by atoms with E-state index in [1.165, 1.54) is 4.90 Å². The smallest absolute Gasteiger partial charge is 0.254 e. The van der Waals surface area contributed by atoms with Crippen LogP contribution in [-0.4, -0.2) is 63.0 Å². The molecule has 1 amide bonds. The van der Waals surface area contributed by atoms with E-state index in [0.29, 0.717) is 30.2 Å². The quantitative estimate of drug-likeness (QED) is 0.853. The van der Waals surface area contributed by atoms with E-state index in [1.54, 1.807) is 0 Å². The first kappa shape index (κ1) is 18.2. The highest BCUT2D eigenvalue weighted by atomic mass is 32.2. The summed E-state index contributed by atoms with van der Waals surface area (Å²) in [6.45, 7) is 3.03. The number of carbonyl (C=O) groups is 1. The van der Waals surface area contributed by atoms with Gasteiger partial charge in [-0.1, -0.05) is 42.5 Å². The second kappa shape index (κ2) is 7.44. The van der Waals surface area contributed by atoms with Crippen LogP contribution < -0.4 is 4.90 Å². The molecule has 6 heteroatoms. The Morgan fingerprint density at radius 1 is 0.926 bits per heavy atom. The Bertz CT molecular complexity index is 902. The van der Waals surface area contributed by atoms with Gasteiger partial charge in [-0.25, -0.2) is 8.42 Å². The number of piperazine rings is 1. The molecule has 2 aliphatic rings. The lowest BCUT2D eigenvalue weighted by Crippen LogP contribution is -3.18. The van der Waals surface area contributed by atoms with Gasteiger partial charge in [0.15, 0.2) is 9.84 Å². The Morgan fingerprint density at radius 3 is 2.15 bits per heavy atom. The lowest BCUT2D eigenvalue weighted by molar-refractivity contribution is -0.925. The molecular formula is C21H25N2O3S+.